The van der Waals surface area contributed by atoms with E-state index < -0.39 is 0 Å². The van der Waals surface area contributed by atoms with Crippen molar-refractivity contribution in [2.24, 2.45) is 0 Å². The molecule has 0 saturated carbocycles. The van der Waals surface area contributed by atoms with E-state index in [1.165, 1.54) is 74.5 Å². The third-order valence-corrected chi connectivity index (χ3v) is 6.28. The van der Waals surface area contributed by atoms with Crippen molar-refractivity contribution in [2.45, 2.75) is 104 Å². The van der Waals surface area contributed by atoms with Crippen molar-refractivity contribution in [3.8, 4) is 5.75 Å². The van der Waals surface area contributed by atoms with Gasteiger partial charge in [0.1, 0.15) is 5.75 Å². The first-order valence-electron chi connectivity index (χ1n) is 10.8. The summed E-state index contributed by atoms with van der Waals surface area (Å²) >= 11 is 0. The summed E-state index contributed by atoms with van der Waals surface area (Å²) < 4.78 is 5.90. The van der Waals surface area contributed by atoms with Gasteiger partial charge in [-0.15, -0.1) is 0 Å². The average Bonchev–Trinajstić information content (AvgIpc) is 2.64. The summed E-state index contributed by atoms with van der Waals surface area (Å²) in [5.74, 6) is 1.62. The van der Waals surface area contributed by atoms with Gasteiger partial charge < -0.3 is 4.74 Å². The number of ether oxygens (including phenoxy) is 1. The highest BCUT2D eigenvalue weighted by Gasteiger charge is 2.25. The molecule has 0 spiro atoms. The zero-order valence-corrected chi connectivity index (χ0v) is 18.1. The topological polar surface area (TPSA) is 9.23 Å². The number of allylic oxidation sites excluding steroid dienone is 2. The molecule has 1 nitrogen and oxygen atoms in total. The highest BCUT2D eigenvalue weighted by Crippen LogP contribution is 2.41. The molecular weight excluding hydrogens is 316 g/mol. The zero-order valence-electron chi connectivity index (χ0n) is 18.1. The number of aryl methyl sites for hydroxylation is 1. The Hall–Kier alpha value is -1.24. The van der Waals surface area contributed by atoms with Gasteiger partial charge in [0.15, 0.2) is 0 Å². The zero-order chi connectivity index (χ0) is 19.2. The first kappa shape index (κ1) is 21.1. The fraction of sp³-hybridized carbons (Fsp3) is 0.680. The molecule has 1 atom stereocenters. The number of benzene rings is 1. The van der Waals surface area contributed by atoms with E-state index in [0.717, 1.165) is 5.75 Å². The summed E-state index contributed by atoms with van der Waals surface area (Å²) in [7, 11) is 1.84. The van der Waals surface area contributed by atoms with Gasteiger partial charge in [0.25, 0.3) is 0 Å². The van der Waals surface area contributed by atoms with Crippen molar-refractivity contribution in [1.82, 2.24) is 0 Å². The predicted octanol–water partition coefficient (Wildman–Crippen LogP) is 7.86. The Morgan fingerprint density at radius 2 is 1.88 bits per heavy atom. The van der Waals surface area contributed by atoms with Gasteiger partial charge in [-0.1, -0.05) is 71.1 Å². The molecule has 0 N–H and O–H groups in total. The molecule has 146 valence electrons. The molecule has 1 aliphatic rings. The van der Waals surface area contributed by atoms with Crippen LogP contribution in [0.3, 0.4) is 0 Å². The maximum Gasteiger partial charge on any atom is 0.123 e. The van der Waals surface area contributed by atoms with Gasteiger partial charge in [-0.25, -0.2) is 0 Å². The molecule has 1 heteroatoms. The van der Waals surface area contributed by atoms with Gasteiger partial charge in [0.2, 0.25) is 0 Å². The minimum Gasteiger partial charge on any atom is -0.496 e. The van der Waals surface area contributed by atoms with Gasteiger partial charge in [-0.05, 0) is 61.6 Å². The van der Waals surface area contributed by atoms with Gasteiger partial charge >= 0.3 is 0 Å². The highest BCUT2D eigenvalue weighted by atomic mass is 16.5. The first-order valence-corrected chi connectivity index (χ1v) is 10.8. The lowest BCUT2D eigenvalue weighted by molar-refractivity contribution is 0.398. The monoisotopic (exact) mass is 356 g/mol. The van der Waals surface area contributed by atoms with Crippen LogP contribution in [0.25, 0.3) is 0 Å². The Morgan fingerprint density at radius 1 is 1.12 bits per heavy atom. The Morgan fingerprint density at radius 3 is 2.54 bits per heavy atom. The molecule has 0 aliphatic heterocycles. The summed E-state index contributed by atoms with van der Waals surface area (Å²) in [5.41, 5.74) is 6.08. The molecule has 1 aromatic carbocycles. The third kappa shape index (κ3) is 5.15. The molecule has 0 amide bonds. The number of rotatable bonds is 9. The number of unbranched alkanes of at least 4 members (excludes halogenated alkanes) is 3. The maximum absolute atomic E-state index is 5.90. The van der Waals surface area contributed by atoms with E-state index in [-0.39, 0.29) is 5.41 Å². The second kappa shape index (κ2) is 9.62. The molecule has 0 aromatic heterocycles. The molecule has 0 fully saturated rings. The van der Waals surface area contributed by atoms with E-state index >= 15 is 0 Å². The van der Waals surface area contributed by atoms with Crippen molar-refractivity contribution < 1.29 is 4.74 Å². The quantitative estimate of drug-likeness (QED) is 0.323. The van der Waals surface area contributed by atoms with E-state index in [9.17, 15) is 0 Å². The highest BCUT2D eigenvalue weighted by molar-refractivity contribution is 5.49. The van der Waals surface area contributed by atoms with E-state index in [0.29, 0.717) is 5.92 Å². The number of methoxy groups -OCH3 is 1. The van der Waals surface area contributed by atoms with E-state index in [4.69, 9.17) is 4.74 Å². The lowest BCUT2D eigenvalue weighted by atomic mass is 9.76. The minimum absolute atomic E-state index is 0.210. The summed E-state index contributed by atoms with van der Waals surface area (Å²) in [6, 6.07) is 4.77. The molecule has 0 bridgehead atoms. The molecule has 0 heterocycles. The maximum atomic E-state index is 5.90. The van der Waals surface area contributed by atoms with Gasteiger partial charge in [-0.2, -0.15) is 0 Å². The van der Waals surface area contributed by atoms with Crippen LogP contribution in [-0.2, 0) is 5.41 Å². The van der Waals surface area contributed by atoms with Gasteiger partial charge in [-0.3, -0.25) is 0 Å². The van der Waals surface area contributed by atoms with Gasteiger partial charge in [0.05, 0.1) is 7.11 Å². The average molecular weight is 357 g/mol. The molecule has 0 saturated heterocycles. The normalized spacial score (nSPS) is 17.9. The lowest BCUT2D eigenvalue weighted by Crippen LogP contribution is -2.18. The van der Waals surface area contributed by atoms with Crippen LogP contribution in [0.15, 0.2) is 23.8 Å². The molecule has 1 unspecified atom stereocenters. The summed E-state index contributed by atoms with van der Waals surface area (Å²) in [6.07, 6.45) is 14.1. The van der Waals surface area contributed by atoms with E-state index in [1.807, 2.05) is 7.11 Å². The number of hydrogen-bond donors (Lipinski definition) is 0. The van der Waals surface area contributed by atoms with Crippen LogP contribution in [0.5, 0.6) is 5.75 Å². The van der Waals surface area contributed by atoms with Crippen LogP contribution in [0, 0.1) is 6.92 Å². The second-order valence-corrected chi connectivity index (χ2v) is 8.78. The van der Waals surface area contributed by atoms with Crippen LogP contribution in [-0.4, -0.2) is 7.11 Å². The summed E-state index contributed by atoms with van der Waals surface area (Å²) in [5, 5.41) is 0. The molecule has 0 radical (unpaired) electrons. The first-order chi connectivity index (χ1) is 12.4. The molecule has 1 aliphatic carbocycles. The Kier molecular flexibility index (Phi) is 7.80. The second-order valence-electron chi connectivity index (χ2n) is 8.78. The summed E-state index contributed by atoms with van der Waals surface area (Å²) in [6.45, 7) is 11.6. The Labute approximate surface area is 162 Å². The summed E-state index contributed by atoms with van der Waals surface area (Å²) in [4.78, 5) is 0. The van der Waals surface area contributed by atoms with Crippen LogP contribution in [0.4, 0.5) is 0 Å². The largest absolute Gasteiger partial charge is 0.496 e. The van der Waals surface area contributed by atoms with Crippen molar-refractivity contribution in [2.75, 3.05) is 7.11 Å². The van der Waals surface area contributed by atoms with Crippen LogP contribution in [0.2, 0.25) is 0 Å². The van der Waals surface area contributed by atoms with Crippen LogP contribution in [0.1, 0.15) is 108 Å². The molecule has 2 rings (SSSR count). The third-order valence-electron chi connectivity index (χ3n) is 6.28. The van der Waals surface area contributed by atoms with Crippen molar-refractivity contribution in [3.63, 3.8) is 0 Å². The predicted molar refractivity (Wildman–Crippen MR) is 114 cm³/mol. The smallest absolute Gasteiger partial charge is 0.123 e. The van der Waals surface area contributed by atoms with E-state index in [1.54, 1.807) is 5.57 Å². The van der Waals surface area contributed by atoms with Crippen molar-refractivity contribution >= 4 is 0 Å². The van der Waals surface area contributed by atoms with Crippen molar-refractivity contribution in [1.29, 1.82) is 0 Å². The van der Waals surface area contributed by atoms with Crippen LogP contribution >= 0.6 is 0 Å². The van der Waals surface area contributed by atoms with E-state index in [2.05, 4.69) is 52.8 Å². The standard InChI is InChI=1S/C25H40O/c1-7-9-10-11-15-25(4,5)22-16-19(3)24(23(18-22)26-6)21-14-12-13-20(8-2)17-21/h16-18,21H,7-15H2,1-6H3. The Bertz CT molecular complexity index is 609. The molecular formula is C25H40O. The van der Waals surface area contributed by atoms with Gasteiger partial charge in [0, 0.05) is 11.5 Å². The minimum atomic E-state index is 0.210. The number of hydrogen-bond acceptors (Lipinski definition) is 1. The Balaban J connectivity index is 2.28. The molecule has 26 heavy (non-hydrogen) atoms. The fourth-order valence-corrected chi connectivity index (χ4v) is 4.46. The lowest BCUT2D eigenvalue weighted by Gasteiger charge is -2.30. The fourth-order valence-electron chi connectivity index (χ4n) is 4.46. The SMILES string of the molecule is CCCCCCC(C)(C)c1cc(C)c(C2C=C(CC)CCC2)c(OC)c1. The molecule has 1 aromatic rings. The van der Waals surface area contributed by atoms with Crippen LogP contribution < -0.4 is 4.74 Å². The van der Waals surface area contributed by atoms with Crippen molar-refractivity contribution in [3.05, 3.63) is 40.5 Å².